The number of halogens is 1. The molecule has 0 saturated heterocycles. The summed E-state index contributed by atoms with van der Waals surface area (Å²) in [4.78, 5) is 12.9. The molecule has 0 aliphatic rings. The van der Waals surface area contributed by atoms with E-state index in [1.807, 2.05) is 35.8 Å². The molecule has 0 atom stereocenters. The quantitative estimate of drug-likeness (QED) is 0.797. The van der Waals surface area contributed by atoms with Crippen molar-refractivity contribution in [2.24, 2.45) is 0 Å². The Morgan fingerprint density at radius 3 is 2.95 bits per heavy atom. The van der Waals surface area contributed by atoms with Crippen LogP contribution in [0.5, 0.6) is 0 Å². The predicted octanol–water partition coefficient (Wildman–Crippen LogP) is 2.90. The second-order valence-electron chi connectivity index (χ2n) is 4.00. The van der Waals surface area contributed by atoms with E-state index >= 15 is 0 Å². The normalized spacial score (nSPS) is 10.8. The molecular formula is C13H12ClN5. The maximum atomic E-state index is 6.19. The van der Waals surface area contributed by atoms with E-state index in [1.54, 1.807) is 12.5 Å². The SMILES string of the molecule is CCNc1ncc(Cl)c(-n2cnc3ccccc32)n1. The van der Waals surface area contributed by atoms with Gasteiger partial charge in [-0.3, -0.25) is 4.57 Å². The van der Waals surface area contributed by atoms with Crippen LogP contribution in [0.4, 0.5) is 5.95 Å². The zero-order valence-electron chi connectivity index (χ0n) is 10.3. The van der Waals surface area contributed by atoms with Crippen molar-refractivity contribution in [3.63, 3.8) is 0 Å². The Labute approximate surface area is 115 Å². The van der Waals surface area contributed by atoms with Crippen LogP contribution < -0.4 is 5.32 Å². The first-order chi connectivity index (χ1) is 9.29. The summed E-state index contributed by atoms with van der Waals surface area (Å²) >= 11 is 6.19. The second kappa shape index (κ2) is 4.85. The zero-order chi connectivity index (χ0) is 13.2. The average molecular weight is 274 g/mol. The lowest BCUT2D eigenvalue weighted by molar-refractivity contribution is 0.984. The fourth-order valence-electron chi connectivity index (χ4n) is 1.90. The van der Waals surface area contributed by atoms with Crippen molar-refractivity contribution in [3.8, 4) is 5.82 Å². The Morgan fingerprint density at radius 2 is 2.11 bits per heavy atom. The first kappa shape index (κ1) is 11.9. The van der Waals surface area contributed by atoms with Gasteiger partial charge >= 0.3 is 0 Å². The summed E-state index contributed by atoms with van der Waals surface area (Å²) < 4.78 is 1.86. The van der Waals surface area contributed by atoms with Gasteiger partial charge in [-0.15, -0.1) is 0 Å². The van der Waals surface area contributed by atoms with Crippen molar-refractivity contribution in [2.45, 2.75) is 6.92 Å². The van der Waals surface area contributed by atoms with E-state index in [-0.39, 0.29) is 0 Å². The van der Waals surface area contributed by atoms with Gasteiger partial charge in [-0.2, -0.15) is 4.98 Å². The summed E-state index contributed by atoms with van der Waals surface area (Å²) in [5.41, 5.74) is 1.87. The summed E-state index contributed by atoms with van der Waals surface area (Å²) in [6.07, 6.45) is 3.31. The molecule has 0 radical (unpaired) electrons. The number of hydrogen-bond acceptors (Lipinski definition) is 4. The van der Waals surface area contributed by atoms with Crippen LogP contribution in [0, 0.1) is 0 Å². The van der Waals surface area contributed by atoms with Crippen molar-refractivity contribution in [1.82, 2.24) is 19.5 Å². The lowest BCUT2D eigenvalue weighted by Gasteiger charge is -2.08. The highest BCUT2D eigenvalue weighted by Crippen LogP contribution is 2.23. The van der Waals surface area contributed by atoms with E-state index in [1.165, 1.54) is 0 Å². The van der Waals surface area contributed by atoms with E-state index in [2.05, 4.69) is 20.3 Å². The van der Waals surface area contributed by atoms with Gasteiger partial charge in [0.2, 0.25) is 5.95 Å². The summed E-state index contributed by atoms with van der Waals surface area (Å²) in [6, 6.07) is 7.84. The molecule has 3 aromatic rings. The number of fused-ring (bicyclic) bond motifs is 1. The number of nitrogens with one attached hydrogen (secondary N) is 1. The number of aromatic nitrogens is 4. The fourth-order valence-corrected chi connectivity index (χ4v) is 2.08. The number of imidazole rings is 1. The molecule has 3 rings (SSSR count). The first-order valence-corrected chi connectivity index (χ1v) is 6.36. The molecule has 0 spiro atoms. The molecular weight excluding hydrogens is 262 g/mol. The van der Waals surface area contributed by atoms with Crippen molar-refractivity contribution in [1.29, 1.82) is 0 Å². The Morgan fingerprint density at radius 1 is 1.26 bits per heavy atom. The average Bonchev–Trinajstić information content (AvgIpc) is 2.85. The highest BCUT2D eigenvalue weighted by molar-refractivity contribution is 6.32. The Bertz CT molecular complexity index is 722. The summed E-state index contributed by atoms with van der Waals surface area (Å²) in [5.74, 6) is 1.18. The monoisotopic (exact) mass is 273 g/mol. The van der Waals surface area contributed by atoms with Crippen molar-refractivity contribution in [3.05, 3.63) is 41.8 Å². The molecule has 96 valence electrons. The van der Waals surface area contributed by atoms with Gasteiger partial charge in [-0.1, -0.05) is 23.7 Å². The third kappa shape index (κ3) is 2.13. The Hall–Kier alpha value is -2.14. The molecule has 2 heterocycles. The highest BCUT2D eigenvalue weighted by Gasteiger charge is 2.10. The van der Waals surface area contributed by atoms with Crippen LogP contribution in [-0.2, 0) is 0 Å². The number of rotatable bonds is 3. The summed E-state index contributed by atoms with van der Waals surface area (Å²) in [7, 11) is 0. The van der Waals surface area contributed by atoms with E-state index in [9.17, 15) is 0 Å². The highest BCUT2D eigenvalue weighted by atomic mass is 35.5. The first-order valence-electron chi connectivity index (χ1n) is 5.98. The fraction of sp³-hybridized carbons (Fsp3) is 0.154. The van der Waals surface area contributed by atoms with Crippen LogP contribution in [0.2, 0.25) is 5.02 Å². The molecule has 0 aliphatic heterocycles. The Balaban J connectivity index is 2.17. The lowest BCUT2D eigenvalue weighted by Crippen LogP contribution is -2.05. The van der Waals surface area contributed by atoms with Crippen LogP contribution in [0.1, 0.15) is 6.92 Å². The topological polar surface area (TPSA) is 55.6 Å². The van der Waals surface area contributed by atoms with E-state index in [4.69, 9.17) is 11.6 Å². The third-order valence-corrected chi connectivity index (χ3v) is 3.01. The van der Waals surface area contributed by atoms with Crippen LogP contribution >= 0.6 is 11.6 Å². The molecule has 19 heavy (non-hydrogen) atoms. The molecule has 0 unspecified atom stereocenters. The number of nitrogens with zero attached hydrogens (tertiary/aromatic N) is 4. The summed E-state index contributed by atoms with van der Waals surface area (Å²) in [5, 5.41) is 3.56. The lowest BCUT2D eigenvalue weighted by atomic mass is 10.3. The molecule has 0 aliphatic carbocycles. The van der Waals surface area contributed by atoms with Gasteiger partial charge in [-0.05, 0) is 19.1 Å². The molecule has 1 N–H and O–H groups in total. The molecule has 0 fully saturated rings. The van der Waals surface area contributed by atoms with Gasteiger partial charge in [0.1, 0.15) is 11.3 Å². The number of hydrogen-bond donors (Lipinski definition) is 1. The van der Waals surface area contributed by atoms with Gasteiger partial charge in [0, 0.05) is 6.54 Å². The minimum Gasteiger partial charge on any atom is -0.354 e. The molecule has 0 amide bonds. The minimum absolute atomic E-state index is 0.491. The predicted molar refractivity (Wildman–Crippen MR) is 75.8 cm³/mol. The van der Waals surface area contributed by atoms with Crippen molar-refractivity contribution >= 4 is 28.6 Å². The van der Waals surface area contributed by atoms with Crippen molar-refractivity contribution in [2.75, 3.05) is 11.9 Å². The van der Waals surface area contributed by atoms with Crippen molar-refractivity contribution < 1.29 is 0 Å². The maximum Gasteiger partial charge on any atom is 0.224 e. The molecule has 1 aromatic carbocycles. The van der Waals surface area contributed by atoms with E-state index < -0.39 is 0 Å². The molecule has 0 saturated carbocycles. The second-order valence-corrected chi connectivity index (χ2v) is 4.41. The zero-order valence-corrected chi connectivity index (χ0v) is 11.1. The van der Waals surface area contributed by atoms with Gasteiger partial charge in [-0.25, -0.2) is 9.97 Å². The third-order valence-electron chi connectivity index (χ3n) is 2.74. The van der Waals surface area contributed by atoms with Gasteiger partial charge in [0.15, 0.2) is 5.82 Å². The molecule has 5 nitrogen and oxygen atoms in total. The van der Waals surface area contributed by atoms with E-state index in [0.29, 0.717) is 16.8 Å². The number of anilines is 1. The minimum atomic E-state index is 0.491. The number of benzene rings is 1. The van der Waals surface area contributed by atoms with Crippen LogP contribution in [0.3, 0.4) is 0 Å². The number of para-hydroxylation sites is 2. The van der Waals surface area contributed by atoms with Crippen LogP contribution in [0.25, 0.3) is 16.9 Å². The van der Waals surface area contributed by atoms with Crippen LogP contribution in [0.15, 0.2) is 36.8 Å². The summed E-state index contributed by atoms with van der Waals surface area (Å²) in [6.45, 7) is 2.75. The standard InChI is InChI=1S/C13H12ClN5/c1-2-15-13-16-7-9(14)12(18-13)19-8-17-10-5-3-4-6-11(10)19/h3-8H,2H2,1H3,(H,15,16,18). The molecule has 6 heteroatoms. The largest absolute Gasteiger partial charge is 0.354 e. The van der Waals surface area contributed by atoms with Gasteiger partial charge in [0.25, 0.3) is 0 Å². The van der Waals surface area contributed by atoms with E-state index in [0.717, 1.165) is 17.6 Å². The van der Waals surface area contributed by atoms with Gasteiger partial charge in [0.05, 0.1) is 17.2 Å². The smallest absolute Gasteiger partial charge is 0.224 e. The van der Waals surface area contributed by atoms with Crippen LogP contribution in [-0.4, -0.2) is 26.1 Å². The molecule has 0 bridgehead atoms. The Kier molecular flexibility index (Phi) is 3.05. The molecule has 2 aromatic heterocycles. The maximum absolute atomic E-state index is 6.19. The van der Waals surface area contributed by atoms with Gasteiger partial charge < -0.3 is 5.32 Å².